The van der Waals surface area contributed by atoms with Gasteiger partial charge >= 0.3 is 0 Å². The van der Waals surface area contributed by atoms with Crippen LogP contribution in [-0.2, 0) is 11.3 Å². The number of carbonyl (C=O) groups is 1. The van der Waals surface area contributed by atoms with E-state index in [1.807, 2.05) is 57.7 Å². The second-order valence-electron chi connectivity index (χ2n) is 5.34. The van der Waals surface area contributed by atoms with E-state index in [-0.39, 0.29) is 11.3 Å². The second kappa shape index (κ2) is 5.30. The number of rotatable bonds is 3. The Kier molecular flexibility index (Phi) is 4.27. The molecule has 0 bridgehead atoms. The molecule has 17 heavy (non-hydrogen) atoms. The lowest BCUT2D eigenvalue weighted by atomic mass is 9.94. The van der Waals surface area contributed by atoms with Crippen molar-refractivity contribution in [3.63, 3.8) is 0 Å². The van der Waals surface area contributed by atoms with Crippen LogP contribution in [0, 0.1) is 12.3 Å². The van der Waals surface area contributed by atoms with Crippen LogP contribution in [0.5, 0.6) is 0 Å². The molecule has 94 valence electrons. The molecule has 0 spiro atoms. The largest absolute Gasteiger partial charge is 0.337 e. The number of aryl methyl sites for hydroxylation is 1. The smallest absolute Gasteiger partial charge is 0.228 e. The zero-order chi connectivity index (χ0) is 13.1. The Bertz CT molecular complexity index is 393. The number of amides is 1. The number of pyridine rings is 1. The van der Waals surface area contributed by atoms with E-state index in [2.05, 4.69) is 4.98 Å². The van der Waals surface area contributed by atoms with Crippen LogP contribution in [0.2, 0.25) is 0 Å². The van der Waals surface area contributed by atoms with Crippen molar-refractivity contribution in [1.82, 2.24) is 9.88 Å². The van der Waals surface area contributed by atoms with Crippen LogP contribution in [0.25, 0.3) is 0 Å². The monoisotopic (exact) mass is 234 g/mol. The standard InChI is InChI=1S/C14H22N2O/c1-6-16(13(17)14(3,4)5)10-12-9-7-8-11(2)15-12/h7-9H,6,10H2,1-5H3. The third-order valence-electron chi connectivity index (χ3n) is 2.61. The van der Waals surface area contributed by atoms with E-state index in [0.717, 1.165) is 11.4 Å². The Morgan fingerprint density at radius 3 is 2.47 bits per heavy atom. The summed E-state index contributed by atoms with van der Waals surface area (Å²) >= 11 is 0. The van der Waals surface area contributed by atoms with Crippen molar-refractivity contribution in [2.45, 2.75) is 41.2 Å². The van der Waals surface area contributed by atoms with E-state index in [4.69, 9.17) is 0 Å². The first-order valence-corrected chi connectivity index (χ1v) is 6.06. The van der Waals surface area contributed by atoms with Crippen molar-refractivity contribution in [2.24, 2.45) is 5.41 Å². The lowest BCUT2D eigenvalue weighted by Gasteiger charge is -2.28. The number of aromatic nitrogens is 1. The van der Waals surface area contributed by atoms with E-state index >= 15 is 0 Å². The van der Waals surface area contributed by atoms with Gasteiger partial charge in [-0.05, 0) is 26.0 Å². The highest BCUT2D eigenvalue weighted by Gasteiger charge is 2.26. The molecule has 3 nitrogen and oxygen atoms in total. The first-order valence-electron chi connectivity index (χ1n) is 6.06. The van der Waals surface area contributed by atoms with E-state index in [0.29, 0.717) is 13.1 Å². The van der Waals surface area contributed by atoms with Gasteiger partial charge in [0.1, 0.15) is 0 Å². The Labute approximate surface area is 104 Å². The maximum atomic E-state index is 12.2. The van der Waals surface area contributed by atoms with Gasteiger partial charge in [-0.1, -0.05) is 26.8 Å². The van der Waals surface area contributed by atoms with Crippen LogP contribution in [-0.4, -0.2) is 22.3 Å². The van der Waals surface area contributed by atoms with Gasteiger partial charge in [0, 0.05) is 17.7 Å². The molecule has 1 rings (SSSR count). The first kappa shape index (κ1) is 13.7. The Balaban J connectivity index is 2.81. The fraction of sp³-hybridized carbons (Fsp3) is 0.571. The predicted molar refractivity (Wildman–Crippen MR) is 69.5 cm³/mol. The summed E-state index contributed by atoms with van der Waals surface area (Å²) in [5.74, 6) is 0.170. The average Bonchev–Trinajstić information content (AvgIpc) is 2.24. The number of hydrogen-bond donors (Lipinski definition) is 0. The summed E-state index contributed by atoms with van der Waals surface area (Å²) in [6.45, 7) is 11.1. The summed E-state index contributed by atoms with van der Waals surface area (Å²) < 4.78 is 0. The van der Waals surface area contributed by atoms with Gasteiger partial charge < -0.3 is 4.90 Å². The van der Waals surface area contributed by atoms with Gasteiger partial charge in [0.05, 0.1) is 12.2 Å². The Morgan fingerprint density at radius 2 is 2.00 bits per heavy atom. The maximum absolute atomic E-state index is 12.2. The molecule has 1 amide bonds. The Hall–Kier alpha value is -1.38. The molecule has 1 aromatic heterocycles. The van der Waals surface area contributed by atoms with Crippen molar-refractivity contribution in [1.29, 1.82) is 0 Å². The number of nitrogens with zero attached hydrogens (tertiary/aromatic N) is 2. The molecule has 0 saturated carbocycles. The van der Waals surface area contributed by atoms with Gasteiger partial charge in [-0.15, -0.1) is 0 Å². The van der Waals surface area contributed by atoms with Crippen molar-refractivity contribution in [3.05, 3.63) is 29.6 Å². The highest BCUT2D eigenvalue weighted by atomic mass is 16.2. The lowest BCUT2D eigenvalue weighted by molar-refractivity contribution is -0.139. The highest BCUT2D eigenvalue weighted by Crippen LogP contribution is 2.18. The summed E-state index contributed by atoms with van der Waals surface area (Å²) in [6.07, 6.45) is 0. The van der Waals surface area contributed by atoms with E-state index in [1.165, 1.54) is 0 Å². The number of carbonyl (C=O) groups excluding carboxylic acids is 1. The van der Waals surface area contributed by atoms with Crippen molar-refractivity contribution in [3.8, 4) is 0 Å². The maximum Gasteiger partial charge on any atom is 0.228 e. The molecular weight excluding hydrogens is 212 g/mol. The molecule has 1 heterocycles. The normalized spacial score (nSPS) is 11.4. The molecule has 0 atom stereocenters. The Morgan fingerprint density at radius 1 is 1.35 bits per heavy atom. The average molecular weight is 234 g/mol. The second-order valence-corrected chi connectivity index (χ2v) is 5.34. The quantitative estimate of drug-likeness (QED) is 0.805. The summed E-state index contributed by atoms with van der Waals surface area (Å²) in [6, 6.07) is 5.91. The number of hydrogen-bond acceptors (Lipinski definition) is 2. The molecule has 0 fully saturated rings. The summed E-state index contributed by atoms with van der Waals surface area (Å²) in [7, 11) is 0. The first-order chi connectivity index (χ1) is 7.84. The third-order valence-corrected chi connectivity index (χ3v) is 2.61. The van der Waals surface area contributed by atoms with Crippen LogP contribution in [0.15, 0.2) is 18.2 Å². The fourth-order valence-electron chi connectivity index (χ4n) is 1.68. The zero-order valence-electron chi connectivity index (χ0n) is 11.4. The van der Waals surface area contributed by atoms with Crippen molar-refractivity contribution < 1.29 is 4.79 Å². The van der Waals surface area contributed by atoms with Crippen LogP contribution >= 0.6 is 0 Å². The molecule has 0 saturated heterocycles. The van der Waals surface area contributed by atoms with E-state index < -0.39 is 0 Å². The molecule has 0 N–H and O–H groups in total. The minimum atomic E-state index is -0.333. The molecule has 3 heteroatoms. The van der Waals surface area contributed by atoms with E-state index in [1.54, 1.807) is 0 Å². The van der Waals surface area contributed by atoms with Gasteiger partial charge in [0.2, 0.25) is 5.91 Å². The predicted octanol–water partition coefficient (Wildman–Crippen LogP) is 2.78. The SMILES string of the molecule is CCN(Cc1cccc(C)n1)C(=O)C(C)(C)C. The highest BCUT2D eigenvalue weighted by molar-refractivity contribution is 5.81. The molecule has 0 radical (unpaired) electrons. The van der Waals surface area contributed by atoms with Crippen LogP contribution in [0.4, 0.5) is 0 Å². The minimum absolute atomic E-state index is 0.170. The van der Waals surface area contributed by atoms with Crippen molar-refractivity contribution in [2.75, 3.05) is 6.54 Å². The van der Waals surface area contributed by atoms with Crippen LogP contribution in [0.1, 0.15) is 39.1 Å². The van der Waals surface area contributed by atoms with Gasteiger partial charge in [0.25, 0.3) is 0 Å². The van der Waals surface area contributed by atoms with Gasteiger partial charge in [-0.25, -0.2) is 0 Å². The molecule has 1 aromatic rings. The third kappa shape index (κ3) is 3.84. The van der Waals surface area contributed by atoms with Gasteiger partial charge in [-0.2, -0.15) is 0 Å². The molecule has 0 aliphatic heterocycles. The van der Waals surface area contributed by atoms with Crippen LogP contribution < -0.4 is 0 Å². The molecule has 0 aliphatic carbocycles. The summed E-state index contributed by atoms with van der Waals surface area (Å²) in [4.78, 5) is 18.5. The molecule has 0 unspecified atom stereocenters. The van der Waals surface area contributed by atoms with Gasteiger partial charge in [-0.3, -0.25) is 9.78 Å². The van der Waals surface area contributed by atoms with Gasteiger partial charge in [0.15, 0.2) is 0 Å². The van der Waals surface area contributed by atoms with Crippen LogP contribution in [0.3, 0.4) is 0 Å². The van der Waals surface area contributed by atoms with Crippen molar-refractivity contribution >= 4 is 5.91 Å². The topological polar surface area (TPSA) is 33.2 Å². The summed E-state index contributed by atoms with van der Waals surface area (Å²) in [5.41, 5.74) is 1.60. The molecule has 0 aliphatic rings. The van der Waals surface area contributed by atoms with E-state index in [9.17, 15) is 4.79 Å². The fourth-order valence-corrected chi connectivity index (χ4v) is 1.68. The molecular formula is C14H22N2O. The zero-order valence-corrected chi connectivity index (χ0v) is 11.4. The summed E-state index contributed by atoms with van der Waals surface area (Å²) in [5, 5.41) is 0. The minimum Gasteiger partial charge on any atom is -0.337 e. The lowest BCUT2D eigenvalue weighted by Crippen LogP contribution is -2.39. The molecule has 0 aromatic carbocycles.